The lowest BCUT2D eigenvalue weighted by molar-refractivity contribution is 0.0264. The predicted octanol–water partition coefficient (Wildman–Crippen LogP) is 1.31. The quantitative estimate of drug-likeness (QED) is 0.811. The molecule has 0 spiro atoms. The highest BCUT2D eigenvalue weighted by Gasteiger charge is 2.32. The van der Waals surface area contributed by atoms with Crippen LogP contribution in [-0.4, -0.2) is 36.4 Å². The van der Waals surface area contributed by atoms with Gasteiger partial charge in [-0.15, -0.1) is 11.6 Å². The summed E-state index contributed by atoms with van der Waals surface area (Å²) in [5.74, 6) is 0.168. The maximum Gasteiger partial charge on any atom is 0.251 e. The minimum atomic E-state index is -0.931. The van der Waals surface area contributed by atoms with Crippen molar-refractivity contribution in [2.24, 2.45) is 0 Å². The third-order valence-electron chi connectivity index (χ3n) is 3.00. The first-order valence-electron chi connectivity index (χ1n) is 5.86. The van der Waals surface area contributed by atoms with Crippen LogP contribution in [-0.2, 0) is 10.6 Å². The number of ether oxygens (including phenoxy) is 1. The maximum atomic E-state index is 11.9. The van der Waals surface area contributed by atoms with Gasteiger partial charge in [-0.3, -0.25) is 4.79 Å². The van der Waals surface area contributed by atoms with Gasteiger partial charge in [-0.2, -0.15) is 0 Å². The van der Waals surface area contributed by atoms with Gasteiger partial charge in [-0.1, -0.05) is 12.1 Å². The smallest absolute Gasteiger partial charge is 0.251 e. The summed E-state index contributed by atoms with van der Waals surface area (Å²) in [5.41, 5.74) is 0.516. The van der Waals surface area contributed by atoms with E-state index in [9.17, 15) is 9.90 Å². The molecule has 18 heavy (non-hydrogen) atoms. The molecule has 0 bridgehead atoms. The normalized spacial score (nSPS) is 23.0. The summed E-state index contributed by atoms with van der Waals surface area (Å²) in [7, 11) is 0. The topological polar surface area (TPSA) is 58.6 Å². The fourth-order valence-electron chi connectivity index (χ4n) is 1.88. The average Bonchev–Trinajstić information content (AvgIpc) is 2.83. The van der Waals surface area contributed by atoms with E-state index in [1.54, 1.807) is 18.2 Å². The van der Waals surface area contributed by atoms with Crippen LogP contribution in [0.2, 0.25) is 0 Å². The molecule has 1 fully saturated rings. The van der Waals surface area contributed by atoms with Gasteiger partial charge in [-0.05, 0) is 17.7 Å². The fraction of sp³-hybridized carbons (Fsp3) is 0.462. The van der Waals surface area contributed by atoms with Crippen molar-refractivity contribution in [2.45, 2.75) is 17.9 Å². The van der Waals surface area contributed by atoms with Crippen LogP contribution in [0, 0.1) is 0 Å². The van der Waals surface area contributed by atoms with Gasteiger partial charge in [0.1, 0.15) is 5.60 Å². The molecule has 2 rings (SSSR count). The molecule has 0 aromatic heterocycles. The molecule has 1 aliphatic heterocycles. The minimum Gasteiger partial charge on any atom is -0.386 e. The highest BCUT2D eigenvalue weighted by molar-refractivity contribution is 6.17. The summed E-state index contributed by atoms with van der Waals surface area (Å²) in [4.78, 5) is 11.9. The lowest BCUT2D eigenvalue weighted by Crippen LogP contribution is -2.43. The number of amides is 1. The second-order valence-corrected chi connectivity index (χ2v) is 4.81. The molecule has 1 atom stereocenters. The Morgan fingerprint density at radius 3 is 3.06 bits per heavy atom. The van der Waals surface area contributed by atoms with Gasteiger partial charge in [0.15, 0.2) is 0 Å². The Hall–Kier alpha value is -1.10. The van der Waals surface area contributed by atoms with Crippen molar-refractivity contribution in [1.82, 2.24) is 5.32 Å². The molecule has 1 heterocycles. The van der Waals surface area contributed by atoms with E-state index in [1.165, 1.54) is 0 Å². The molecule has 5 heteroatoms. The first kappa shape index (κ1) is 13.3. The van der Waals surface area contributed by atoms with E-state index in [1.807, 2.05) is 6.07 Å². The Morgan fingerprint density at radius 1 is 1.56 bits per heavy atom. The van der Waals surface area contributed by atoms with E-state index in [4.69, 9.17) is 16.3 Å². The van der Waals surface area contributed by atoms with Gasteiger partial charge in [0.25, 0.3) is 5.91 Å². The molecule has 1 unspecified atom stereocenters. The van der Waals surface area contributed by atoms with Crippen molar-refractivity contribution in [1.29, 1.82) is 0 Å². The Morgan fingerprint density at radius 2 is 2.39 bits per heavy atom. The maximum absolute atomic E-state index is 11.9. The largest absolute Gasteiger partial charge is 0.386 e. The van der Waals surface area contributed by atoms with E-state index in [0.717, 1.165) is 5.56 Å². The number of aliphatic hydroxyl groups is 1. The second kappa shape index (κ2) is 5.69. The Balaban J connectivity index is 1.94. The Bertz CT molecular complexity index is 430. The molecule has 1 saturated heterocycles. The third-order valence-corrected chi connectivity index (χ3v) is 3.31. The molecule has 1 aliphatic rings. The predicted molar refractivity (Wildman–Crippen MR) is 68.7 cm³/mol. The van der Waals surface area contributed by atoms with Gasteiger partial charge < -0.3 is 15.2 Å². The highest BCUT2D eigenvalue weighted by atomic mass is 35.5. The van der Waals surface area contributed by atoms with E-state index in [2.05, 4.69) is 5.32 Å². The SMILES string of the molecule is O=C(NCC1(O)CCOC1)c1cccc(CCl)c1. The van der Waals surface area contributed by atoms with Crippen molar-refractivity contribution < 1.29 is 14.6 Å². The van der Waals surface area contributed by atoms with Crippen molar-refractivity contribution in [3.63, 3.8) is 0 Å². The van der Waals surface area contributed by atoms with Gasteiger partial charge in [0.2, 0.25) is 0 Å². The van der Waals surface area contributed by atoms with Crippen LogP contribution in [0.5, 0.6) is 0 Å². The van der Waals surface area contributed by atoms with Gasteiger partial charge >= 0.3 is 0 Å². The summed E-state index contributed by atoms with van der Waals surface area (Å²) in [6.07, 6.45) is 0.551. The molecule has 98 valence electrons. The molecular weight excluding hydrogens is 254 g/mol. The third kappa shape index (κ3) is 3.22. The molecular formula is C13H16ClNO3. The number of alkyl halides is 1. The lowest BCUT2D eigenvalue weighted by Gasteiger charge is -2.20. The average molecular weight is 270 g/mol. The standard InChI is InChI=1S/C13H16ClNO3/c14-7-10-2-1-3-11(6-10)12(16)15-8-13(17)4-5-18-9-13/h1-3,6,17H,4-5,7-9H2,(H,15,16). The molecule has 0 aliphatic carbocycles. The second-order valence-electron chi connectivity index (χ2n) is 4.54. The molecule has 0 radical (unpaired) electrons. The number of rotatable bonds is 4. The van der Waals surface area contributed by atoms with E-state index in [0.29, 0.717) is 24.5 Å². The summed E-state index contributed by atoms with van der Waals surface area (Å²) < 4.78 is 5.12. The lowest BCUT2D eigenvalue weighted by atomic mass is 10.0. The van der Waals surface area contributed by atoms with Crippen molar-refractivity contribution in [2.75, 3.05) is 19.8 Å². The van der Waals surface area contributed by atoms with Crippen molar-refractivity contribution in [3.8, 4) is 0 Å². The number of hydrogen-bond acceptors (Lipinski definition) is 3. The van der Waals surface area contributed by atoms with Crippen LogP contribution in [0.15, 0.2) is 24.3 Å². The van der Waals surface area contributed by atoms with Crippen LogP contribution in [0.1, 0.15) is 22.3 Å². The van der Waals surface area contributed by atoms with Crippen LogP contribution >= 0.6 is 11.6 Å². The molecule has 1 aromatic rings. The molecule has 1 aromatic carbocycles. The molecule has 4 nitrogen and oxygen atoms in total. The number of carbonyl (C=O) groups excluding carboxylic acids is 1. The zero-order valence-corrected chi connectivity index (χ0v) is 10.7. The number of halogens is 1. The minimum absolute atomic E-state index is 0.205. The fourth-order valence-corrected chi connectivity index (χ4v) is 2.04. The monoisotopic (exact) mass is 269 g/mol. The van der Waals surface area contributed by atoms with Crippen LogP contribution < -0.4 is 5.32 Å². The van der Waals surface area contributed by atoms with Crippen LogP contribution in [0.4, 0.5) is 0 Å². The zero-order chi connectivity index (χ0) is 13.0. The van der Waals surface area contributed by atoms with Crippen molar-refractivity contribution in [3.05, 3.63) is 35.4 Å². The zero-order valence-electron chi connectivity index (χ0n) is 9.99. The number of nitrogens with one attached hydrogen (secondary N) is 1. The van der Waals surface area contributed by atoms with Gasteiger partial charge in [-0.25, -0.2) is 0 Å². The van der Waals surface area contributed by atoms with Crippen LogP contribution in [0.25, 0.3) is 0 Å². The van der Waals surface area contributed by atoms with Gasteiger partial charge in [0.05, 0.1) is 6.61 Å². The van der Waals surface area contributed by atoms with Crippen LogP contribution in [0.3, 0.4) is 0 Å². The summed E-state index contributed by atoms with van der Waals surface area (Å²) in [5, 5.41) is 12.7. The van der Waals surface area contributed by atoms with Gasteiger partial charge in [0, 0.05) is 31.0 Å². The van der Waals surface area contributed by atoms with Crippen molar-refractivity contribution >= 4 is 17.5 Å². The first-order valence-corrected chi connectivity index (χ1v) is 6.40. The van der Waals surface area contributed by atoms with E-state index < -0.39 is 5.60 Å². The number of hydrogen-bond donors (Lipinski definition) is 2. The Labute approximate surface area is 111 Å². The summed E-state index contributed by atoms with van der Waals surface area (Å²) in [6.45, 7) is 1.01. The Kier molecular flexibility index (Phi) is 4.22. The molecule has 1 amide bonds. The molecule has 2 N–H and O–H groups in total. The number of benzene rings is 1. The van der Waals surface area contributed by atoms with E-state index >= 15 is 0 Å². The highest BCUT2D eigenvalue weighted by Crippen LogP contribution is 2.17. The molecule has 0 saturated carbocycles. The summed E-state index contributed by atoms with van der Waals surface area (Å²) >= 11 is 5.72. The van der Waals surface area contributed by atoms with E-state index in [-0.39, 0.29) is 19.1 Å². The summed E-state index contributed by atoms with van der Waals surface area (Å²) in [6, 6.07) is 7.13. The number of carbonyl (C=O) groups is 1. The first-order chi connectivity index (χ1) is 8.63.